The van der Waals surface area contributed by atoms with Crippen molar-refractivity contribution in [3.8, 4) is 5.75 Å². The second-order valence-electron chi connectivity index (χ2n) is 7.70. The molecule has 0 saturated carbocycles. The highest BCUT2D eigenvalue weighted by Crippen LogP contribution is 2.33. The van der Waals surface area contributed by atoms with Crippen LogP contribution >= 0.6 is 23.2 Å². The van der Waals surface area contributed by atoms with E-state index >= 15 is 0 Å². The summed E-state index contributed by atoms with van der Waals surface area (Å²) in [5.74, 6) is -1.56. The Hall–Kier alpha value is -3.81. The smallest absolute Gasteiger partial charge is 0.343 e. The van der Waals surface area contributed by atoms with Crippen LogP contribution in [0.3, 0.4) is 0 Å². The fourth-order valence-corrected chi connectivity index (χ4v) is 3.89. The van der Waals surface area contributed by atoms with E-state index in [1.54, 1.807) is 55.5 Å². The third-order valence-electron chi connectivity index (χ3n) is 5.18. The highest BCUT2D eigenvalue weighted by Gasteiger charge is 2.39. The number of hydrogen-bond donors (Lipinski definition) is 2. The molecule has 0 unspecified atom stereocenters. The van der Waals surface area contributed by atoms with E-state index in [2.05, 4.69) is 5.32 Å². The normalized spacial score (nSPS) is 13.5. The maximum atomic E-state index is 13.0. The molecule has 1 aliphatic rings. The molecule has 0 spiro atoms. The lowest BCUT2D eigenvalue weighted by molar-refractivity contribution is -0.120. The number of anilines is 3. The van der Waals surface area contributed by atoms with Gasteiger partial charge in [0.1, 0.15) is 10.7 Å². The molecular formula is C25H19Cl2N3O4. The van der Waals surface area contributed by atoms with E-state index < -0.39 is 17.8 Å². The average Bonchev–Trinajstić information content (AvgIpc) is 2.99. The number of halogens is 2. The lowest BCUT2D eigenvalue weighted by Gasteiger charge is -2.17. The number of nitrogens with one attached hydrogen (secondary N) is 1. The fraction of sp³-hybridized carbons (Fsp3) is 0.0800. The molecule has 2 amide bonds. The van der Waals surface area contributed by atoms with Crippen molar-refractivity contribution in [1.82, 2.24) is 0 Å². The van der Waals surface area contributed by atoms with Gasteiger partial charge < -0.3 is 15.8 Å². The van der Waals surface area contributed by atoms with Crippen LogP contribution in [0, 0.1) is 13.8 Å². The van der Waals surface area contributed by atoms with Crippen molar-refractivity contribution >= 4 is 58.0 Å². The molecule has 0 radical (unpaired) electrons. The van der Waals surface area contributed by atoms with E-state index in [0.717, 1.165) is 10.5 Å². The summed E-state index contributed by atoms with van der Waals surface area (Å²) < 4.78 is 5.36. The Morgan fingerprint density at radius 2 is 1.65 bits per heavy atom. The van der Waals surface area contributed by atoms with Crippen LogP contribution in [-0.2, 0) is 9.59 Å². The maximum Gasteiger partial charge on any atom is 0.343 e. The van der Waals surface area contributed by atoms with Crippen molar-refractivity contribution in [2.24, 2.45) is 0 Å². The minimum atomic E-state index is -0.643. The fourth-order valence-electron chi connectivity index (χ4n) is 3.45. The van der Waals surface area contributed by atoms with Crippen LogP contribution in [0.15, 0.2) is 71.4 Å². The number of amides is 2. The Morgan fingerprint density at radius 1 is 0.941 bits per heavy atom. The molecule has 0 saturated heterocycles. The predicted octanol–water partition coefficient (Wildman–Crippen LogP) is 5.19. The number of rotatable bonds is 5. The first-order valence-electron chi connectivity index (χ1n) is 10.2. The summed E-state index contributed by atoms with van der Waals surface area (Å²) in [5.41, 5.74) is 8.91. The van der Waals surface area contributed by atoms with Gasteiger partial charge in [-0.25, -0.2) is 9.69 Å². The van der Waals surface area contributed by atoms with Gasteiger partial charge >= 0.3 is 5.97 Å². The van der Waals surface area contributed by atoms with Crippen LogP contribution < -0.4 is 20.7 Å². The predicted molar refractivity (Wildman–Crippen MR) is 132 cm³/mol. The lowest BCUT2D eigenvalue weighted by Crippen LogP contribution is -2.32. The number of nitrogen functional groups attached to an aromatic ring is 1. The van der Waals surface area contributed by atoms with Gasteiger partial charge in [-0.2, -0.15) is 0 Å². The molecule has 34 heavy (non-hydrogen) atoms. The molecule has 0 aromatic heterocycles. The Kier molecular flexibility index (Phi) is 6.32. The van der Waals surface area contributed by atoms with Crippen LogP contribution in [0.1, 0.15) is 21.5 Å². The van der Waals surface area contributed by atoms with Crippen molar-refractivity contribution in [3.05, 3.63) is 93.1 Å². The van der Waals surface area contributed by atoms with Crippen molar-refractivity contribution in [1.29, 1.82) is 0 Å². The molecule has 3 N–H and O–H groups in total. The van der Waals surface area contributed by atoms with E-state index in [1.165, 1.54) is 12.1 Å². The minimum Gasteiger partial charge on any atom is -0.421 e. The molecule has 0 fully saturated rings. The van der Waals surface area contributed by atoms with E-state index in [1.807, 2.05) is 6.92 Å². The summed E-state index contributed by atoms with van der Waals surface area (Å²) in [6, 6.07) is 16.1. The molecule has 3 aromatic rings. The van der Waals surface area contributed by atoms with Gasteiger partial charge in [0, 0.05) is 10.7 Å². The van der Waals surface area contributed by atoms with E-state index in [4.69, 9.17) is 33.7 Å². The SMILES string of the molecule is Cc1ccc(OC(=O)c2ccc(NC3=C(Cl)C(=O)N(c4ccc(Cl)cc4C)C3=O)cc2)c(N)c1. The van der Waals surface area contributed by atoms with Crippen molar-refractivity contribution in [2.45, 2.75) is 13.8 Å². The molecule has 7 nitrogen and oxygen atoms in total. The van der Waals surface area contributed by atoms with E-state index in [9.17, 15) is 14.4 Å². The van der Waals surface area contributed by atoms with Gasteiger partial charge in [0.2, 0.25) is 0 Å². The van der Waals surface area contributed by atoms with Gasteiger partial charge in [-0.05, 0) is 79.6 Å². The van der Waals surface area contributed by atoms with Gasteiger partial charge in [-0.3, -0.25) is 9.59 Å². The topological polar surface area (TPSA) is 102 Å². The number of esters is 1. The second kappa shape index (κ2) is 9.21. The van der Waals surface area contributed by atoms with Crippen LogP contribution in [0.4, 0.5) is 17.1 Å². The quantitative estimate of drug-likeness (QED) is 0.218. The van der Waals surface area contributed by atoms with E-state index in [-0.39, 0.29) is 22.0 Å². The molecule has 172 valence electrons. The summed E-state index contributed by atoms with van der Waals surface area (Å²) in [4.78, 5) is 39.1. The van der Waals surface area contributed by atoms with Gasteiger partial charge in [0.25, 0.3) is 11.8 Å². The second-order valence-corrected chi connectivity index (χ2v) is 8.51. The Labute approximate surface area is 205 Å². The molecule has 3 aromatic carbocycles. The third-order valence-corrected chi connectivity index (χ3v) is 5.77. The number of aryl methyl sites for hydroxylation is 2. The van der Waals surface area contributed by atoms with E-state index in [0.29, 0.717) is 27.6 Å². The maximum absolute atomic E-state index is 13.0. The van der Waals surface area contributed by atoms with Crippen molar-refractivity contribution in [3.63, 3.8) is 0 Å². The number of carbonyl (C=O) groups excluding carboxylic acids is 3. The zero-order chi connectivity index (χ0) is 24.6. The average molecular weight is 496 g/mol. The highest BCUT2D eigenvalue weighted by atomic mass is 35.5. The summed E-state index contributed by atoms with van der Waals surface area (Å²) >= 11 is 12.2. The first-order chi connectivity index (χ1) is 16.2. The zero-order valence-electron chi connectivity index (χ0n) is 18.2. The summed E-state index contributed by atoms with van der Waals surface area (Å²) in [5, 5.41) is 3.12. The summed E-state index contributed by atoms with van der Waals surface area (Å²) in [6.07, 6.45) is 0. The molecule has 0 bridgehead atoms. The number of benzene rings is 3. The van der Waals surface area contributed by atoms with Crippen LogP contribution in [0.2, 0.25) is 5.02 Å². The first-order valence-corrected chi connectivity index (χ1v) is 10.9. The van der Waals surface area contributed by atoms with Crippen molar-refractivity contribution < 1.29 is 19.1 Å². The number of carbonyl (C=O) groups is 3. The number of ether oxygens (including phenoxy) is 1. The van der Waals surface area contributed by atoms with Crippen LogP contribution in [0.5, 0.6) is 5.75 Å². The summed E-state index contributed by atoms with van der Waals surface area (Å²) in [6.45, 7) is 3.62. The molecule has 9 heteroatoms. The largest absolute Gasteiger partial charge is 0.421 e. The molecule has 1 heterocycles. The highest BCUT2D eigenvalue weighted by molar-refractivity contribution is 6.53. The number of nitrogens with two attached hydrogens (primary N) is 1. The Morgan fingerprint density at radius 3 is 2.29 bits per heavy atom. The monoisotopic (exact) mass is 495 g/mol. The number of hydrogen-bond acceptors (Lipinski definition) is 6. The van der Waals surface area contributed by atoms with Gasteiger partial charge in [0.05, 0.1) is 16.9 Å². The zero-order valence-corrected chi connectivity index (χ0v) is 19.7. The Balaban J connectivity index is 1.50. The molecular weight excluding hydrogens is 477 g/mol. The third kappa shape index (κ3) is 4.48. The first kappa shape index (κ1) is 23.4. The lowest BCUT2D eigenvalue weighted by atomic mass is 10.2. The Bertz CT molecular complexity index is 1370. The van der Waals surface area contributed by atoms with Gasteiger partial charge in [-0.15, -0.1) is 0 Å². The number of nitrogens with zero attached hydrogens (tertiary/aromatic N) is 1. The minimum absolute atomic E-state index is 0.0660. The van der Waals surface area contributed by atoms with Crippen molar-refractivity contribution in [2.75, 3.05) is 16.0 Å². The molecule has 1 aliphatic heterocycles. The van der Waals surface area contributed by atoms with Gasteiger partial charge in [0.15, 0.2) is 5.75 Å². The van der Waals surface area contributed by atoms with Gasteiger partial charge in [-0.1, -0.05) is 29.3 Å². The number of imide groups is 1. The standard InChI is InChI=1S/C25H19Cl2N3O4/c1-13-3-10-20(18(28)11-13)34-25(33)15-4-7-17(8-5-15)29-22-21(27)23(31)30(24(22)32)19-9-6-16(26)12-14(19)2/h3-12,29H,28H2,1-2H3. The van der Waals surface area contributed by atoms with Crippen LogP contribution in [-0.4, -0.2) is 17.8 Å². The summed E-state index contributed by atoms with van der Waals surface area (Å²) in [7, 11) is 0. The molecule has 0 atom stereocenters. The molecule has 4 rings (SSSR count). The molecule has 0 aliphatic carbocycles. The van der Waals surface area contributed by atoms with Crippen LogP contribution in [0.25, 0.3) is 0 Å².